The molecular formula is C7H11NO2. The van der Waals surface area contributed by atoms with Crippen LogP contribution in [0, 0.1) is 0 Å². The number of carboxylic acid groups (broad SMARTS) is 1. The van der Waals surface area contributed by atoms with E-state index in [1.54, 1.807) is 6.92 Å². The van der Waals surface area contributed by atoms with E-state index in [0.29, 0.717) is 5.57 Å². The van der Waals surface area contributed by atoms with Gasteiger partial charge in [0.1, 0.15) is 5.54 Å². The molecule has 0 saturated carbocycles. The number of aliphatic carboxylic acids is 1. The summed E-state index contributed by atoms with van der Waals surface area (Å²) in [7, 11) is 0. The molecule has 0 aromatic carbocycles. The second-order valence-corrected chi connectivity index (χ2v) is 2.31. The molecule has 0 radical (unpaired) electrons. The molecule has 0 aromatic heterocycles. The minimum absolute atomic E-state index is 0.431. The van der Waals surface area contributed by atoms with Crippen LogP contribution in [-0.4, -0.2) is 16.6 Å². The molecule has 3 heteroatoms. The Kier molecular flexibility index (Phi) is 2.41. The van der Waals surface area contributed by atoms with Crippen molar-refractivity contribution in [3.8, 4) is 0 Å². The first kappa shape index (κ1) is 8.95. The van der Waals surface area contributed by atoms with Crippen molar-refractivity contribution in [2.75, 3.05) is 0 Å². The van der Waals surface area contributed by atoms with E-state index < -0.39 is 11.5 Å². The van der Waals surface area contributed by atoms with Gasteiger partial charge in [0.25, 0.3) is 0 Å². The lowest BCUT2D eigenvalue weighted by Crippen LogP contribution is -2.45. The van der Waals surface area contributed by atoms with Gasteiger partial charge in [0.05, 0.1) is 0 Å². The molecule has 0 spiro atoms. The van der Waals surface area contributed by atoms with Gasteiger partial charge < -0.3 is 10.8 Å². The summed E-state index contributed by atoms with van der Waals surface area (Å²) in [6, 6.07) is 0. The molecule has 0 aliphatic heterocycles. The largest absolute Gasteiger partial charge is 0.480 e. The normalized spacial score (nSPS) is 15.1. The Hall–Kier alpha value is -1.05. The van der Waals surface area contributed by atoms with Gasteiger partial charge in [0, 0.05) is 0 Å². The Labute approximate surface area is 59.8 Å². The smallest absolute Gasteiger partial charge is 0.328 e. The van der Waals surface area contributed by atoms with Crippen LogP contribution in [0.3, 0.4) is 0 Å². The van der Waals surface area contributed by atoms with Gasteiger partial charge in [-0.15, -0.1) is 5.73 Å². The van der Waals surface area contributed by atoms with Crippen LogP contribution in [0.4, 0.5) is 0 Å². The van der Waals surface area contributed by atoms with E-state index in [1.807, 2.05) is 0 Å². The molecule has 0 heterocycles. The highest BCUT2D eigenvalue weighted by molar-refractivity contribution is 5.81. The van der Waals surface area contributed by atoms with Gasteiger partial charge in [-0.05, 0) is 19.4 Å². The van der Waals surface area contributed by atoms with Crippen molar-refractivity contribution in [2.45, 2.75) is 19.4 Å². The van der Waals surface area contributed by atoms with Gasteiger partial charge in [-0.25, -0.2) is 4.79 Å². The number of hydrogen-bond donors (Lipinski definition) is 2. The Bertz CT molecular complexity index is 200. The quantitative estimate of drug-likeness (QED) is 0.551. The van der Waals surface area contributed by atoms with Crippen molar-refractivity contribution in [3.63, 3.8) is 0 Å². The maximum atomic E-state index is 10.4. The Balaban J connectivity index is 4.74. The molecule has 0 aliphatic rings. The highest BCUT2D eigenvalue weighted by Gasteiger charge is 2.29. The maximum Gasteiger partial charge on any atom is 0.328 e. The first-order valence-electron chi connectivity index (χ1n) is 2.82. The Morgan fingerprint density at radius 2 is 2.20 bits per heavy atom. The van der Waals surface area contributed by atoms with Crippen LogP contribution in [0.25, 0.3) is 0 Å². The standard InChI is InChI=1S/C7H11NO2/c1-4-5(2)7(3,8)6(9)10/h1,8H2,2-3H3,(H,9,10)/t7-/m0/s1. The minimum atomic E-state index is -1.33. The number of carboxylic acids is 1. The van der Waals surface area contributed by atoms with Gasteiger partial charge in [0.15, 0.2) is 0 Å². The molecule has 0 unspecified atom stereocenters. The number of hydrogen-bond acceptors (Lipinski definition) is 2. The fourth-order valence-corrected chi connectivity index (χ4v) is 0.344. The van der Waals surface area contributed by atoms with Gasteiger partial charge >= 0.3 is 5.97 Å². The summed E-state index contributed by atoms with van der Waals surface area (Å²) >= 11 is 0. The van der Waals surface area contributed by atoms with Crippen molar-refractivity contribution in [1.29, 1.82) is 0 Å². The van der Waals surface area contributed by atoms with Gasteiger partial charge in [0.2, 0.25) is 0 Å². The Morgan fingerprint density at radius 3 is 2.30 bits per heavy atom. The first-order valence-corrected chi connectivity index (χ1v) is 2.82. The monoisotopic (exact) mass is 141 g/mol. The van der Waals surface area contributed by atoms with Crippen LogP contribution in [0.5, 0.6) is 0 Å². The third-order valence-corrected chi connectivity index (χ3v) is 1.49. The summed E-state index contributed by atoms with van der Waals surface area (Å²) in [5, 5.41) is 8.53. The lowest BCUT2D eigenvalue weighted by atomic mass is 9.95. The van der Waals surface area contributed by atoms with Crippen LogP contribution in [0.15, 0.2) is 17.9 Å². The summed E-state index contributed by atoms with van der Waals surface area (Å²) in [6.45, 7) is 6.29. The van der Waals surface area contributed by atoms with Crippen LogP contribution >= 0.6 is 0 Å². The van der Waals surface area contributed by atoms with Crippen molar-refractivity contribution in [2.24, 2.45) is 5.73 Å². The zero-order valence-electron chi connectivity index (χ0n) is 6.14. The van der Waals surface area contributed by atoms with Crippen molar-refractivity contribution >= 4 is 5.97 Å². The maximum absolute atomic E-state index is 10.4. The SMILES string of the molecule is C=C=C(C)[C@](C)(N)C(=O)O. The van der Waals surface area contributed by atoms with Crippen molar-refractivity contribution < 1.29 is 9.90 Å². The first-order chi connectivity index (χ1) is 4.42. The highest BCUT2D eigenvalue weighted by atomic mass is 16.4. The van der Waals surface area contributed by atoms with Crippen molar-refractivity contribution in [3.05, 3.63) is 17.9 Å². The molecule has 3 N–H and O–H groups in total. The van der Waals surface area contributed by atoms with E-state index in [0.717, 1.165) is 0 Å². The van der Waals surface area contributed by atoms with Gasteiger partial charge in [-0.3, -0.25) is 0 Å². The van der Waals surface area contributed by atoms with Crippen LogP contribution in [0.2, 0.25) is 0 Å². The fourth-order valence-electron chi connectivity index (χ4n) is 0.344. The molecular weight excluding hydrogens is 130 g/mol. The zero-order chi connectivity index (χ0) is 8.36. The van der Waals surface area contributed by atoms with Crippen LogP contribution < -0.4 is 5.73 Å². The summed E-state index contributed by atoms with van der Waals surface area (Å²) in [4.78, 5) is 10.4. The molecule has 0 fully saturated rings. The van der Waals surface area contributed by atoms with E-state index in [1.165, 1.54) is 6.92 Å². The van der Waals surface area contributed by atoms with Gasteiger partial charge in [-0.2, -0.15) is 0 Å². The number of nitrogens with two attached hydrogens (primary N) is 1. The van der Waals surface area contributed by atoms with E-state index in [-0.39, 0.29) is 0 Å². The van der Waals surface area contributed by atoms with Crippen LogP contribution in [-0.2, 0) is 4.79 Å². The average Bonchev–Trinajstić information content (AvgIpc) is 1.86. The molecule has 0 saturated heterocycles. The van der Waals surface area contributed by atoms with E-state index in [2.05, 4.69) is 12.3 Å². The van der Waals surface area contributed by atoms with E-state index >= 15 is 0 Å². The molecule has 0 rings (SSSR count). The lowest BCUT2D eigenvalue weighted by molar-refractivity contribution is -0.141. The topological polar surface area (TPSA) is 63.3 Å². The van der Waals surface area contributed by atoms with E-state index in [9.17, 15) is 4.79 Å². The van der Waals surface area contributed by atoms with Crippen LogP contribution in [0.1, 0.15) is 13.8 Å². The Morgan fingerprint density at radius 1 is 1.80 bits per heavy atom. The summed E-state index contributed by atoms with van der Waals surface area (Å²) in [5.74, 6) is -1.07. The molecule has 0 amide bonds. The molecule has 56 valence electrons. The number of rotatable bonds is 2. The van der Waals surface area contributed by atoms with Gasteiger partial charge in [-0.1, -0.05) is 6.58 Å². The summed E-state index contributed by atoms with van der Waals surface area (Å²) < 4.78 is 0. The second-order valence-electron chi connectivity index (χ2n) is 2.31. The summed E-state index contributed by atoms with van der Waals surface area (Å²) in [5.41, 5.74) is 6.92. The second kappa shape index (κ2) is 2.69. The third-order valence-electron chi connectivity index (χ3n) is 1.49. The summed E-state index contributed by atoms with van der Waals surface area (Å²) in [6.07, 6.45) is 0. The highest BCUT2D eigenvalue weighted by Crippen LogP contribution is 2.10. The third kappa shape index (κ3) is 1.47. The molecule has 10 heavy (non-hydrogen) atoms. The average molecular weight is 141 g/mol. The lowest BCUT2D eigenvalue weighted by Gasteiger charge is -2.17. The van der Waals surface area contributed by atoms with Crippen molar-refractivity contribution in [1.82, 2.24) is 0 Å². The molecule has 3 nitrogen and oxygen atoms in total. The predicted octanol–water partition coefficient (Wildman–Crippen LogP) is 0.520. The molecule has 0 bridgehead atoms. The molecule has 0 aliphatic carbocycles. The minimum Gasteiger partial charge on any atom is -0.480 e. The number of carbonyl (C=O) groups is 1. The molecule has 0 aromatic rings. The fraction of sp³-hybridized carbons (Fsp3) is 0.429. The van der Waals surface area contributed by atoms with E-state index in [4.69, 9.17) is 10.8 Å². The zero-order valence-corrected chi connectivity index (χ0v) is 6.14. The molecule has 1 atom stereocenters. The predicted molar refractivity (Wildman–Crippen MR) is 38.6 cm³/mol.